The third kappa shape index (κ3) is 6.32. The van der Waals surface area contributed by atoms with E-state index < -0.39 is 0 Å². The third-order valence-corrected chi connectivity index (χ3v) is 7.78. The predicted molar refractivity (Wildman–Crippen MR) is 157 cm³/mol. The molecule has 0 radical (unpaired) electrons. The maximum atomic E-state index is 6.29. The largest absolute Gasteiger partial charge is 0.489 e. The second-order valence-corrected chi connectivity index (χ2v) is 10.7. The van der Waals surface area contributed by atoms with E-state index in [1.807, 2.05) is 59.1 Å². The van der Waals surface area contributed by atoms with Crippen LogP contribution in [0.25, 0.3) is 16.9 Å². The van der Waals surface area contributed by atoms with Crippen molar-refractivity contribution in [3.8, 4) is 17.0 Å². The molecule has 0 atom stereocenters. The van der Waals surface area contributed by atoms with Gasteiger partial charge in [0.05, 0.1) is 5.69 Å². The molecule has 1 fully saturated rings. The van der Waals surface area contributed by atoms with E-state index in [1.165, 1.54) is 50.0 Å². The Morgan fingerprint density at radius 1 is 0.821 bits per heavy atom. The van der Waals surface area contributed by atoms with Gasteiger partial charge in [0, 0.05) is 22.6 Å². The number of hydrogen-bond acceptors (Lipinski definition) is 4. The molecular formula is C33H33ClN4O. The first-order valence-corrected chi connectivity index (χ1v) is 14.2. The summed E-state index contributed by atoms with van der Waals surface area (Å²) in [6.45, 7) is 4.18. The van der Waals surface area contributed by atoms with Crippen molar-refractivity contribution in [2.75, 3.05) is 19.6 Å². The van der Waals surface area contributed by atoms with Gasteiger partial charge >= 0.3 is 0 Å². The SMILES string of the molecule is Clc1ccccc1COc1cccc(-c2cccc3nc(Cc4ccc(CCCN5CCCC5)cc4)nn23)c1. The van der Waals surface area contributed by atoms with Crippen LogP contribution in [0, 0.1) is 0 Å². The summed E-state index contributed by atoms with van der Waals surface area (Å²) >= 11 is 6.29. The summed E-state index contributed by atoms with van der Waals surface area (Å²) < 4.78 is 7.98. The minimum Gasteiger partial charge on any atom is -0.489 e. The summed E-state index contributed by atoms with van der Waals surface area (Å²) in [4.78, 5) is 7.40. The zero-order valence-corrected chi connectivity index (χ0v) is 22.9. The molecule has 0 aliphatic carbocycles. The maximum Gasteiger partial charge on any atom is 0.156 e. The molecule has 5 aromatic rings. The van der Waals surface area contributed by atoms with Gasteiger partial charge < -0.3 is 9.64 Å². The van der Waals surface area contributed by atoms with Crippen LogP contribution in [0.15, 0.2) is 91.0 Å². The van der Waals surface area contributed by atoms with Crippen molar-refractivity contribution in [1.82, 2.24) is 19.5 Å². The molecule has 0 amide bonds. The van der Waals surface area contributed by atoms with E-state index in [9.17, 15) is 0 Å². The Morgan fingerprint density at radius 2 is 1.62 bits per heavy atom. The Labute approximate surface area is 235 Å². The average Bonchev–Trinajstić information content (AvgIpc) is 3.63. The van der Waals surface area contributed by atoms with Crippen LogP contribution in [-0.2, 0) is 19.4 Å². The van der Waals surface area contributed by atoms with Gasteiger partial charge in [-0.2, -0.15) is 5.10 Å². The highest BCUT2D eigenvalue weighted by Crippen LogP contribution is 2.26. The number of fused-ring (bicyclic) bond motifs is 1. The van der Waals surface area contributed by atoms with Crippen LogP contribution < -0.4 is 4.74 Å². The van der Waals surface area contributed by atoms with Crippen molar-refractivity contribution in [2.45, 2.75) is 38.7 Å². The Kier molecular flexibility index (Phi) is 7.89. The molecule has 0 spiro atoms. The molecule has 0 bridgehead atoms. The Morgan fingerprint density at radius 3 is 2.46 bits per heavy atom. The summed E-state index contributed by atoms with van der Waals surface area (Å²) in [5.41, 5.74) is 6.42. The second-order valence-electron chi connectivity index (χ2n) is 10.3. The summed E-state index contributed by atoms with van der Waals surface area (Å²) in [7, 11) is 0. The van der Waals surface area contributed by atoms with E-state index >= 15 is 0 Å². The molecule has 6 heteroatoms. The summed E-state index contributed by atoms with van der Waals surface area (Å²) in [6, 6.07) is 30.9. The fourth-order valence-electron chi connectivity index (χ4n) is 5.28. The molecule has 1 aliphatic rings. The molecule has 0 saturated carbocycles. The molecular weight excluding hydrogens is 504 g/mol. The Bertz CT molecular complexity index is 1540. The van der Waals surface area contributed by atoms with Gasteiger partial charge in [-0.05, 0) is 86.8 Å². The molecule has 198 valence electrons. The van der Waals surface area contributed by atoms with Gasteiger partial charge in [0.2, 0.25) is 0 Å². The van der Waals surface area contributed by atoms with Crippen molar-refractivity contribution in [3.63, 3.8) is 0 Å². The van der Waals surface area contributed by atoms with Crippen LogP contribution in [-0.4, -0.2) is 39.1 Å². The van der Waals surface area contributed by atoms with Crippen molar-refractivity contribution in [2.24, 2.45) is 0 Å². The molecule has 1 saturated heterocycles. The normalized spacial score (nSPS) is 13.8. The van der Waals surface area contributed by atoms with Crippen molar-refractivity contribution >= 4 is 17.2 Å². The molecule has 0 N–H and O–H groups in total. The van der Waals surface area contributed by atoms with Gasteiger partial charge in [-0.3, -0.25) is 0 Å². The van der Waals surface area contributed by atoms with Gasteiger partial charge in [0.1, 0.15) is 12.4 Å². The maximum absolute atomic E-state index is 6.29. The minimum atomic E-state index is 0.415. The molecule has 6 rings (SSSR count). The van der Waals surface area contributed by atoms with E-state index in [-0.39, 0.29) is 0 Å². The van der Waals surface area contributed by atoms with Crippen LogP contribution in [0.1, 0.15) is 41.8 Å². The lowest BCUT2D eigenvalue weighted by Gasteiger charge is -2.13. The number of likely N-dealkylation sites (tertiary alicyclic amines) is 1. The number of ether oxygens (including phenoxy) is 1. The van der Waals surface area contributed by atoms with Gasteiger partial charge in [0.15, 0.2) is 11.5 Å². The topological polar surface area (TPSA) is 42.7 Å². The smallest absolute Gasteiger partial charge is 0.156 e. The number of halogens is 1. The van der Waals surface area contributed by atoms with E-state index in [0.717, 1.165) is 40.5 Å². The summed E-state index contributed by atoms with van der Waals surface area (Å²) in [5.74, 6) is 1.60. The molecule has 1 aliphatic heterocycles. The first kappa shape index (κ1) is 25.6. The zero-order valence-electron chi connectivity index (χ0n) is 22.1. The lowest BCUT2D eigenvalue weighted by Crippen LogP contribution is -2.20. The van der Waals surface area contributed by atoms with Crippen LogP contribution in [0.4, 0.5) is 0 Å². The monoisotopic (exact) mass is 536 g/mol. The van der Waals surface area contributed by atoms with Crippen LogP contribution in [0.5, 0.6) is 5.75 Å². The Balaban J connectivity index is 1.13. The van der Waals surface area contributed by atoms with Crippen LogP contribution >= 0.6 is 11.6 Å². The molecule has 3 heterocycles. The number of aromatic nitrogens is 3. The molecule has 5 nitrogen and oxygen atoms in total. The van der Waals surface area contributed by atoms with Gasteiger partial charge in [0.25, 0.3) is 0 Å². The number of nitrogens with zero attached hydrogens (tertiary/aromatic N) is 4. The lowest BCUT2D eigenvalue weighted by molar-refractivity contribution is 0.306. The van der Waals surface area contributed by atoms with E-state index in [4.69, 9.17) is 26.4 Å². The zero-order chi connectivity index (χ0) is 26.4. The number of pyridine rings is 1. The van der Waals surface area contributed by atoms with Crippen molar-refractivity contribution in [1.29, 1.82) is 0 Å². The minimum absolute atomic E-state index is 0.415. The highest BCUT2D eigenvalue weighted by Gasteiger charge is 2.12. The first-order valence-electron chi connectivity index (χ1n) is 13.8. The first-order chi connectivity index (χ1) is 19.2. The fraction of sp³-hybridized carbons (Fsp3) is 0.273. The average molecular weight is 537 g/mol. The summed E-state index contributed by atoms with van der Waals surface area (Å²) in [5, 5.41) is 5.59. The number of rotatable bonds is 10. The predicted octanol–water partition coefficient (Wildman–Crippen LogP) is 7.25. The quantitative estimate of drug-likeness (QED) is 0.188. The lowest BCUT2D eigenvalue weighted by atomic mass is 10.1. The molecule has 39 heavy (non-hydrogen) atoms. The van der Waals surface area contributed by atoms with Gasteiger partial charge in [-0.25, -0.2) is 9.50 Å². The highest BCUT2D eigenvalue weighted by molar-refractivity contribution is 6.31. The van der Waals surface area contributed by atoms with Gasteiger partial charge in [-0.15, -0.1) is 0 Å². The van der Waals surface area contributed by atoms with Crippen molar-refractivity contribution in [3.05, 3.63) is 119 Å². The van der Waals surface area contributed by atoms with E-state index in [2.05, 4.69) is 41.3 Å². The summed E-state index contributed by atoms with van der Waals surface area (Å²) in [6.07, 6.45) is 5.78. The van der Waals surface area contributed by atoms with Crippen LogP contribution in [0.3, 0.4) is 0 Å². The van der Waals surface area contributed by atoms with Gasteiger partial charge in [-0.1, -0.05) is 72.3 Å². The van der Waals surface area contributed by atoms with Crippen molar-refractivity contribution < 1.29 is 4.74 Å². The molecule has 3 aromatic carbocycles. The van der Waals surface area contributed by atoms with E-state index in [0.29, 0.717) is 18.1 Å². The number of aryl methyl sites for hydroxylation is 1. The highest BCUT2D eigenvalue weighted by atomic mass is 35.5. The molecule has 2 aromatic heterocycles. The molecule has 0 unspecified atom stereocenters. The standard InChI is InChI=1S/C33H33ClN4O/c34-30-12-2-1-9-28(30)24-39-29-11-5-10-27(23-29)31-13-6-14-33-35-32(36-38(31)33)22-26-17-15-25(16-18-26)8-7-21-37-19-3-4-20-37/h1-2,5-6,9-18,23H,3-4,7-8,19-22,24H2. The van der Waals surface area contributed by atoms with Crippen LogP contribution in [0.2, 0.25) is 5.02 Å². The number of benzene rings is 3. The third-order valence-electron chi connectivity index (χ3n) is 7.41. The number of hydrogen-bond donors (Lipinski definition) is 0. The Hall–Kier alpha value is -3.67. The fourth-order valence-corrected chi connectivity index (χ4v) is 5.47. The second kappa shape index (κ2) is 12.0. The van der Waals surface area contributed by atoms with E-state index in [1.54, 1.807) is 0 Å².